The van der Waals surface area contributed by atoms with Crippen LogP contribution in [-0.2, 0) is 17.8 Å². The fraction of sp³-hybridized carbons (Fsp3) is 0.263. The molecule has 3 aromatic rings. The van der Waals surface area contributed by atoms with Crippen molar-refractivity contribution in [2.75, 3.05) is 5.32 Å². The number of thioether (sulfide) groups is 1. The summed E-state index contributed by atoms with van der Waals surface area (Å²) in [5.41, 5.74) is 2.06. The molecular weight excluding hydrogens is 378 g/mol. The van der Waals surface area contributed by atoms with Crippen LogP contribution in [0.5, 0.6) is 0 Å². The Hall–Kier alpha value is -2.45. The Morgan fingerprint density at radius 1 is 1.37 bits per heavy atom. The number of benzene rings is 1. The van der Waals surface area contributed by atoms with Gasteiger partial charge in [-0.05, 0) is 19.4 Å². The van der Waals surface area contributed by atoms with E-state index in [1.54, 1.807) is 0 Å². The number of rotatable bonds is 8. The van der Waals surface area contributed by atoms with Gasteiger partial charge in [-0.15, -0.1) is 28.1 Å². The molecule has 0 spiro atoms. The Labute approximate surface area is 166 Å². The van der Waals surface area contributed by atoms with Crippen LogP contribution in [0.25, 0.3) is 0 Å². The molecule has 0 radical (unpaired) electrons. The van der Waals surface area contributed by atoms with Crippen molar-refractivity contribution in [2.24, 2.45) is 0 Å². The molecule has 0 aliphatic carbocycles. The first-order valence-corrected chi connectivity index (χ1v) is 10.3. The number of nitrogens with zero attached hydrogens (tertiary/aromatic N) is 4. The highest BCUT2D eigenvalue weighted by molar-refractivity contribution is 8.00. The second-order valence-corrected chi connectivity index (χ2v) is 8.17. The Kier molecular flexibility index (Phi) is 6.41. The van der Waals surface area contributed by atoms with E-state index in [1.165, 1.54) is 23.1 Å². The number of aryl methyl sites for hydroxylation is 1. The highest BCUT2D eigenvalue weighted by Gasteiger charge is 2.20. The Bertz CT molecular complexity index is 919. The van der Waals surface area contributed by atoms with Crippen molar-refractivity contribution in [3.8, 4) is 0 Å². The van der Waals surface area contributed by atoms with E-state index in [2.05, 4.69) is 39.2 Å². The van der Waals surface area contributed by atoms with Crippen molar-refractivity contribution in [2.45, 2.75) is 37.2 Å². The fourth-order valence-corrected chi connectivity index (χ4v) is 4.03. The quantitative estimate of drug-likeness (QED) is 0.459. The molecule has 140 valence electrons. The van der Waals surface area contributed by atoms with Crippen molar-refractivity contribution in [1.82, 2.24) is 19.7 Å². The monoisotopic (exact) mass is 399 g/mol. The van der Waals surface area contributed by atoms with Crippen LogP contribution in [0.3, 0.4) is 0 Å². The highest BCUT2D eigenvalue weighted by Crippen LogP contribution is 2.25. The molecule has 2 heterocycles. The number of nitrogens with one attached hydrogen (secondary N) is 1. The number of thiazole rings is 1. The van der Waals surface area contributed by atoms with Crippen LogP contribution in [-0.4, -0.2) is 30.9 Å². The molecule has 1 aromatic carbocycles. The van der Waals surface area contributed by atoms with Gasteiger partial charge in [0, 0.05) is 18.3 Å². The van der Waals surface area contributed by atoms with E-state index in [0.29, 0.717) is 23.3 Å². The van der Waals surface area contributed by atoms with Gasteiger partial charge >= 0.3 is 0 Å². The van der Waals surface area contributed by atoms with Gasteiger partial charge in [-0.2, -0.15) is 0 Å². The lowest BCUT2D eigenvalue weighted by molar-refractivity contribution is -0.115. The van der Waals surface area contributed by atoms with Gasteiger partial charge in [0.05, 0.1) is 10.9 Å². The third-order valence-corrected chi connectivity index (χ3v) is 5.77. The van der Waals surface area contributed by atoms with Crippen molar-refractivity contribution in [3.05, 3.63) is 65.4 Å². The maximum Gasteiger partial charge on any atom is 0.239 e. The third kappa shape index (κ3) is 5.05. The average Bonchev–Trinajstić information content (AvgIpc) is 3.23. The third-order valence-electron chi connectivity index (χ3n) is 3.81. The van der Waals surface area contributed by atoms with Crippen molar-refractivity contribution in [3.63, 3.8) is 0 Å². The van der Waals surface area contributed by atoms with Crippen LogP contribution >= 0.6 is 23.1 Å². The van der Waals surface area contributed by atoms with Gasteiger partial charge < -0.3 is 9.88 Å². The summed E-state index contributed by atoms with van der Waals surface area (Å²) in [7, 11) is 0. The summed E-state index contributed by atoms with van der Waals surface area (Å²) in [6.45, 7) is 8.17. The van der Waals surface area contributed by atoms with Crippen LogP contribution in [0.1, 0.15) is 24.0 Å². The lowest BCUT2D eigenvalue weighted by Crippen LogP contribution is -2.23. The van der Waals surface area contributed by atoms with Crippen molar-refractivity contribution < 1.29 is 4.79 Å². The van der Waals surface area contributed by atoms with Gasteiger partial charge in [0.1, 0.15) is 5.82 Å². The number of carbonyl (C=O) groups is 1. The first-order valence-electron chi connectivity index (χ1n) is 8.53. The standard InChI is InChI=1S/C19H21N5OS2/c1-4-10-24-16(11-15-8-6-5-7-9-15)22-23-19(24)27-14(3)17(25)21-18-20-13(2)12-26-18/h4-9,12,14H,1,10-11H2,2-3H3,(H,20,21,25)/t14-/m0/s1. The molecule has 0 unspecified atom stereocenters. The summed E-state index contributed by atoms with van der Waals surface area (Å²) in [6, 6.07) is 10.1. The molecule has 27 heavy (non-hydrogen) atoms. The van der Waals surface area contributed by atoms with Crippen LogP contribution in [0.4, 0.5) is 5.13 Å². The van der Waals surface area contributed by atoms with Crippen molar-refractivity contribution >= 4 is 34.1 Å². The number of carbonyl (C=O) groups excluding carboxylic acids is 1. The zero-order valence-electron chi connectivity index (χ0n) is 15.3. The Morgan fingerprint density at radius 3 is 2.81 bits per heavy atom. The Morgan fingerprint density at radius 2 is 2.15 bits per heavy atom. The molecule has 1 N–H and O–H groups in total. The molecule has 0 aliphatic rings. The van der Waals surface area contributed by atoms with Crippen LogP contribution in [0.2, 0.25) is 0 Å². The molecule has 0 aliphatic heterocycles. The molecule has 1 atom stereocenters. The lowest BCUT2D eigenvalue weighted by atomic mass is 10.1. The van der Waals surface area contributed by atoms with Crippen LogP contribution < -0.4 is 5.32 Å². The topological polar surface area (TPSA) is 72.7 Å². The minimum Gasteiger partial charge on any atom is -0.302 e. The van der Waals surface area contributed by atoms with Gasteiger partial charge in [0.25, 0.3) is 0 Å². The van der Waals surface area contributed by atoms with E-state index < -0.39 is 0 Å². The number of hydrogen-bond donors (Lipinski definition) is 1. The van der Waals surface area contributed by atoms with E-state index in [-0.39, 0.29) is 11.2 Å². The highest BCUT2D eigenvalue weighted by atomic mass is 32.2. The van der Waals surface area contributed by atoms with Gasteiger partial charge in [-0.1, -0.05) is 48.2 Å². The van der Waals surface area contributed by atoms with Crippen LogP contribution in [0.15, 0.2) is 53.5 Å². The first-order chi connectivity index (χ1) is 13.1. The zero-order valence-corrected chi connectivity index (χ0v) is 16.9. The summed E-state index contributed by atoms with van der Waals surface area (Å²) >= 11 is 2.80. The van der Waals surface area contributed by atoms with E-state index in [4.69, 9.17) is 0 Å². The Balaban J connectivity index is 1.71. The number of aromatic nitrogens is 4. The second kappa shape index (κ2) is 8.96. The van der Waals surface area contributed by atoms with Crippen LogP contribution in [0, 0.1) is 6.92 Å². The number of hydrogen-bond acceptors (Lipinski definition) is 6. The van der Waals surface area contributed by atoms with Crippen molar-refractivity contribution in [1.29, 1.82) is 0 Å². The minimum atomic E-state index is -0.327. The van der Waals surface area contributed by atoms with Gasteiger partial charge in [0.2, 0.25) is 5.91 Å². The van der Waals surface area contributed by atoms with E-state index in [1.807, 2.05) is 48.1 Å². The number of anilines is 1. The number of amides is 1. The predicted molar refractivity (Wildman–Crippen MR) is 110 cm³/mol. The predicted octanol–water partition coefficient (Wildman–Crippen LogP) is 3.94. The molecule has 2 aromatic heterocycles. The molecule has 0 saturated carbocycles. The molecule has 0 saturated heterocycles. The maximum absolute atomic E-state index is 12.5. The minimum absolute atomic E-state index is 0.105. The normalized spacial score (nSPS) is 11.9. The smallest absolute Gasteiger partial charge is 0.239 e. The molecule has 0 fully saturated rings. The first kappa shape index (κ1) is 19.3. The summed E-state index contributed by atoms with van der Waals surface area (Å²) in [4.78, 5) is 16.7. The molecule has 8 heteroatoms. The fourth-order valence-electron chi connectivity index (χ4n) is 2.46. The molecular formula is C19H21N5OS2. The maximum atomic E-state index is 12.5. The number of allylic oxidation sites excluding steroid dienone is 1. The van der Waals surface area contributed by atoms with Gasteiger partial charge in [-0.25, -0.2) is 4.98 Å². The summed E-state index contributed by atoms with van der Waals surface area (Å²) in [5, 5.41) is 14.4. The van der Waals surface area contributed by atoms with E-state index in [0.717, 1.165) is 17.1 Å². The molecule has 3 rings (SSSR count). The zero-order chi connectivity index (χ0) is 19.2. The van der Waals surface area contributed by atoms with E-state index >= 15 is 0 Å². The molecule has 1 amide bonds. The molecule has 0 bridgehead atoms. The SMILES string of the molecule is C=CCn1c(Cc2ccccc2)nnc1S[C@@H](C)C(=O)Nc1nc(C)cs1. The largest absolute Gasteiger partial charge is 0.302 e. The average molecular weight is 400 g/mol. The van der Waals surface area contributed by atoms with Gasteiger partial charge in [0.15, 0.2) is 10.3 Å². The lowest BCUT2D eigenvalue weighted by Gasteiger charge is -2.12. The second-order valence-electron chi connectivity index (χ2n) is 6.00. The summed E-state index contributed by atoms with van der Waals surface area (Å²) < 4.78 is 2.00. The summed E-state index contributed by atoms with van der Waals surface area (Å²) in [6.07, 6.45) is 2.49. The summed E-state index contributed by atoms with van der Waals surface area (Å²) in [5.74, 6) is 0.749. The van der Waals surface area contributed by atoms with Gasteiger partial charge in [-0.3, -0.25) is 4.79 Å². The molecule has 6 nitrogen and oxygen atoms in total. The van der Waals surface area contributed by atoms with E-state index in [9.17, 15) is 4.79 Å².